The molecule has 0 aliphatic carbocycles. The second kappa shape index (κ2) is 8.13. The van der Waals surface area contributed by atoms with E-state index in [1.807, 2.05) is 4.57 Å². The number of aromatic hydroxyl groups is 1. The van der Waals surface area contributed by atoms with Gasteiger partial charge in [0.2, 0.25) is 0 Å². The number of methoxy groups -OCH3 is 1. The Morgan fingerprint density at radius 1 is 1.14 bits per heavy atom. The van der Waals surface area contributed by atoms with Gasteiger partial charge in [0.05, 0.1) is 40.9 Å². The quantitative estimate of drug-likeness (QED) is 0.352. The molecule has 0 amide bonds. The average Bonchev–Trinajstić information content (AvgIpc) is 3.22. The molecular weight excluding hydrogens is 456 g/mol. The van der Waals surface area contributed by atoms with Crippen molar-refractivity contribution >= 4 is 16.6 Å². The number of hydrogen-bond acceptors (Lipinski definition) is 7. The summed E-state index contributed by atoms with van der Waals surface area (Å²) in [6.07, 6.45) is -0.689. The SMILES string of the molecule is COc1cc([C@@H]2OCCn3c(-c4cccc([N+](=O)[O-])c4)c4c(=O)n(C)c(=O)n(C)c4c32)ccc1O. The van der Waals surface area contributed by atoms with E-state index in [4.69, 9.17) is 9.47 Å². The smallest absolute Gasteiger partial charge is 0.331 e. The lowest BCUT2D eigenvalue weighted by Gasteiger charge is -2.28. The molecule has 0 radical (unpaired) electrons. The van der Waals surface area contributed by atoms with Crippen molar-refractivity contribution in [3.8, 4) is 22.8 Å². The molecule has 11 nitrogen and oxygen atoms in total. The number of rotatable bonds is 4. The van der Waals surface area contributed by atoms with Gasteiger partial charge in [0, 0.05) is 38.3 Å². The number of ether oxygens (including phenoxy) is 2. The summed E-state index contributed by atoms with van der Waals surface area (Å²) in [6.45, 7) is 0.656. The Morgan fingerprint density at radius 3 is 2.63 bits per heavy atom. The molecule has 0 saturated heterocycles. The number of benzene rings is 2. The third-order valence-corrected chi connectivity index (χ3v) is 6.39. The number of fused-ring (bicyclic) bond motifs is 3. The molecule has 0 saturated carbocycles. The van der Waals surface area contributed by atoms with Crippen LogP contribution in [-0.2, 0) is 25.4 Å². The Hall–Kier alpha value is -4.38. The number of aromatic nitrogens is 3. The molecule has 180 valence electrons. The summed E-state index contributed by atoms with van der Waals surface area (Å²) < 4.78 is 15.7. The zero-order valence-electron chi connectivity index (χ0n) is 19.2. The van der Waals surface area contributed by atoms with Gasteiger partial charge in [0.25, 0.3) is 11.2 Å². The summed E-state index contributed by atoms with van der Waals surface area (Å²) in [7, 11) is 4.41. The van der Waals surface area contributed by atoms with E-state index in [2.05, 4.69) is 0 Å². The van der Waals surface area contributed by atoms with Crippen LogP contribution in [0.1, 0.15) is 17.4 Å². The highest BCUT2D eigenvalue weighted by atomic mass is 16.6. The van der Waals surface area contributed by atoms with Crippen LogP contribution in [0.2, 0.25) is 0 Å². The van der Waals surface area contributed by atoms with Gasteiger partial charge >= 0.3 is 5.69 Å². The van der Waals surface area contributed by atoms with Crippen molar-refractivity contribution in [2.75, 3.05) is 13.7 Å². The standard InChI is InChI=1S/C24H22N4O7/c1-25-20-18(23(30)26(2)24(25)31)19(13-5-4-6-15(11-13)28(32)33)27-9-10-35-22(21(20)27)14-7-8-16(29)17(12-14)34-3/h4-8,11-12,22,29H,9-10H2,1-3H3/t22-/m0/s1. The maximum absolute atomic E-state index is 13.4. The summed E-state index contributed by atoms with van der Waals surface area (Å²) in [5.41, 5.74) is 1.44. The fourth-order valence-electron chi connectivity index (χ4n) is 4.76. The summed E-state index contributed by atoms with van der Waals surface area (Å²) in [4.78, 5) is 37.3. The van der Waals surface area contributed by atoms with Crippen molar-refractivity contribution in [1.82, 2.24) is 13.7 Å². The molecule has 2 aromatic heterocycles. The van der Waals surface area contributed by atoms with E-state index in [1.54, 1.807) is 31.3 Å². The Labute approximate surface area is 198 Å². The van der Waals surface area contributed by atoms with Crippen LogP contribution in [0, 0.1) is 10.1 Å². The minimum Gasteiger partial charge on any atom is -0.504 e. The molecule has 1 aliphatic rings. The molecule has 5 rings (SSSR count). The number of phenolic OH excluding ortho intramolecular Hbond substituents is 1. The topological polar surface area (TPSA) is 131 Å². The lowest BCUT2D eigenvalue weighted by Crippen LogP contribution is -2.37. The van der Waals surface area contributed by atoms with E-state index >= 15 is 0 Å². The Kier molecular flexibility index (Phi) is 5.21. The number of non-ortho nitro benzene ring substituents is 1. The zero-order chi connectivity index (χ0) is 25.0. The summed E-state index contributed by atoms with van der Waals surface area (Å²) in [5.74, 6) is 0.216. The second-order valence-corrected chi connectivity index (χ2v) is 8.30. The molecular formula is C24H22N4O7. The van der Waals surface area contributed by atoms with Gasteiger partial charge in [-0.2, -0.15) is 0 Å². The van der Waals surface area contributed by atoms with Crippen molar-refractivity contribution in [3.05, 3.63) is 84.7 Å². The minimum absolute atomic E-state index is 0.0362. The molecule has 0 bridgehead atoms. The maximum Gasteiger partial charge on any atom is 0.331 e. The third kappa shape index (κ3) is 3.31. The molecule has 2 aromatic carbocycles. The van der Waals surface area contributed by atoms with Gasteiger partial charge in [-0.3, -0.25) is 24.0 Å². The predicted molar refractivity (Wildman–Crippen MR) is 127 cm³/mol. The van der Waals surface area contributed by atoms with Crippen LogP contribution in [0.4, 0.5) is 5.69 Å². The molecule has 0 fully saturated rings. The molecule has 1 atom stereocenters. The van der Waals surface area contributed by atoms with Crippen molar-refractivity contribution < 1.29 is 19.5 Å². The zero-order valence-corrected chi connectivity index (χ0v) is 19.2. The van der Waals surface area contributed by atoms with Crippen LogP contribution in [-0.4, -0.2) is 37.4 Å². The van der Waals surface area contributed by atoms with E-state index < -0.39 is 22.3 Å². The Balaban J connectivity index is 1.91. The highest BCUT2D eigenvalue weighted by molar-refractivity contribution is 5.96. The first-order valence-electron chi connectivity index (χ1n) is 10.8. The van der Waals surface area contributed by atoms with Crippen LogP contribution in [0.25, 0.3) is 22.2 Å². The molecule has 11 heteroatoms. The van der Waals surface area contributed by atoms with E-state index in [0.29, 0.717) is 34.6 Å². The van der Waals surface area contributed by atoms with E-state index in [9.17, 15) is 24.8 Å². The fraction of sp³-hybridized carbons (Fsp3) is 0.250. The lowest BCUT2D eigenvalue weighted by atomic mass is 10.0. The maximum atomic E-state index is 13.4. The number of nitro groups is 1. The van der Waals surface area contributed by atoms with Crippen LogP contribution in [0.15, 0.2) is 52.1 Å². The summed E-state index contributed by atoms with van der Waals surface area (Å²) >= 11 is 0. The van der Waals surface area contributed by atoms with Crippen molar-refractivity contribution in [2.45, 2.75) is 12.6 Å². The molecule has 35 heavy (non-hydrogen) atoms. The van der Waals surface area contributed by atoms with E-state index in [1.165, 1.54) is 36.9 Å². The number of nitro benzene ring substituents is 1. The lowest BCUT2D eigenvalue weighted by molar-refractivity contribution is -0.384. The van der Waals surface area contributed by atoms with Crippen LogP contribution < -0.4 is 16.0 Å². The number of nitrogens with zero attached hydrogens (tertiary/aromatic N) is 4. The van der Waals surface area contributed by atoms with Crippen LogP contribution in [0.5, 0.6) is 11.5 Å². The average molecular weight is 478 g/mol. The molecule has 0 spiro atoms. The van der Waals surface area contributed by atoms with Gasteiger partial charge < -0.3 is 19.1 Å². The number of hydrogen-bond donors (Lipinski definition) is 1. The molecule has 0 unspecified atom stereocenters. The van der Waals surface area contributed by atoms with Crippen LogP contribution in [0.3, 0.4) is 0 Å². The normalized spacial score (nSPS) is 15.2. The number of aryl methyl sites for hydroxylation is 1. The van der Waals surface area contributed by atoms with E-state index in [0.717, 1.165) is 4.57 Å². The number of phenols is 1. The van der Waals surface area contributed by atoms with Crippen molar-refractivity contribution in [1.29, 1.82) is 0 Å². The first-order chi connectivity index (χ1) is 16.7. The first kappa shape index (κ1) is 22.4. The highest BCUT2D eigenvalue weighted by Crippen LogP contribution is 2.42. The first-order valence-corrected chi connectivity index (χ1v) is 10.8. The second-order valence-electron chi connectivity index (χ2n) is 8.30. The van der Waals surface area contributed by atoms with Gasteiger partial charge in [-0.25, -0.2) is 4.79 Å². The minimum atomic E-state index is -0.689. The van der Waals surface area contributed by atoms with Crippen molar-refractivity contribution in [2.24, 2.45) is 14.1 Å². The van der Waals surface area contributed by atoms with Gasteiger partial charge in [-0.05, 0) is 17.7 Å². The van der Waals surface area contributed by atoms with Gasteiger partial charge in [0.15, 0.2) is 11.5 Å². The van der Waals surface area contributed by atoms with Gasteiger partial charge in [-0.1, -0.05) is 18.2 Å². The summed E-state index contributed by atoms with van der Waals surface area (Å²) in [6, 6.07) is 10.9. The molecule has 1 N–H and O–H groups in total. The molecule has 3 heterocycles. The Bertz CT molecular complexity index is 1630. The molecule has 4 aromatic rings. The highest BCUT2D eigenvalue weighted by Gasteiger charge is 2.33. The van der Waals surface area contributed by atoms with Gasteiger partial charge in [0.1, 0.15) is 6.10 Å². The largest absolute Gasteiger partial charge is 0.504 e. The predicted octanol–water partition coefficient (Wildman–Crippen LogP) is 2.45. The monoisotopic (exact) mass is 478 g/mol. The van der Waals surface area contributed by atoms with Crippen LogP contribution >= 0.6 is 0 Å². The third-order valence-electron chi connectivity index (χ3n) is 6.39. The fourth-order valence-corrected chi connectivity index (χ4v) is 4.76. The van der Waals surface area contributed by atoms with E-state index in [-0.39, 0.29) is 29.2 Å². The Morgan fingerprint density at radius 2 is 1.91 bits per heavy atom. The summed E-state index contributed by atoms with van der Waals surface area (Å²) in [5, 5.41) is 21.8. The van der Waals surface area contributed by atoms with Crippen molar-refractivity contribution in [3.63, 3.8) is 0 Å². The molecule has 1 aliphatic heterocycles. The van der Waals surface area contributed by atoms with Gasteiger partial charge in [-0.15, -0.1) is 0 Å².